The molecule has 2 aromatic carbocycles. The number of hydrogen-bond acceptors (Lipinski definition) is 7. The van der Waals surface area contributed by atoms with Crippen molar-refractivity contribution in [3.63, 3.8) is 0 Å². The molecule has 0 saturated carbocycles. The van der Waals surface area contributed by atoms with E-state index in [2.05, 4.69) is 14.9 Å². The summed E-state index contributed by atoms with van der Waals surface area (Å²) in [5, 5.41) is 9.44. The Morgan fingerprint density at radius 3 is 2.22 bits per heavy atom. The third kappa shape index (κ3) is 2.69. The summed E-state index contributed by atoms with van der Waals surface area (Å²) in [7, 11) is 3.12. The second kappa shape index (κ2) is 5.98. The lowest BCUT2D eigenvalue weighted by Crippen LogP contribution is -1.99. The number of aromatic nitrogens is 2. The van der Waals surface area contributed by atoms with E-state index in [1.807, 2.05) is 0 Å². The summed E-state index contributed by atoms with van der Waals surface area (Å²) < 4.78 is 10.6. The number of anilines is 1. The monoisotopic (exact) mass is 313 g/mol. The number of nitrogens with two attached hydrogens (primary N) is 1. The molecule has 7 heteroatoms. The lowest BCUT2D eigenvalue weighted by atomic mass is 10.1. The topological polar surface area (TPSA) is 99.7 Å². The van der Waals surface area contributed by atoms with E-state index < -0.39 is 0 Å². The zero-order valence-electron chi connectivity index (χ0n) is 12.6. The van der Waals surface area contributed by atoms with Gasteiger partial charge in [-0.2, -0.15) is 0 Å². The number of methoxy groups -OCH3 is 2. The normalized spacial score (nSPS) is 10.6. The van der Waals surface area contributed by atoms with Crippen molar-refractivity contribution in [1.29, 1.82) is 0 Å². The molecule has 23 heavy (non-hydrogen) atoms. The maximum Gasteiger partial charge on any atom is 0.221 e. The average molecular weight is 313 g/mol. The van der Waals surface area contributed by atoms with Gasteiger partial charge in [0, 0.05) is 17.0 Å². The third-order valence-electron chi connectivity index (χ3n) is 3.45. The molecular formula is C16H15N3O4. The van der Waals surface area contributed by atoms with Crippen LogP contribution in [0.1, 0.15) is 0 Å². The first kappa shape index (κ1) is 14.9. The zero-order valence-corrected chi connectivity index (χ0v) is 12.6. The number of nitrogen functional groups attached to an aromatic ring is 1. The highest BCUT2D eigenvalue weighted by molar-refractivity contribution is 5.95. The Hall–Kier alpha value is -3.06. The molecule has 0 aliphatic rings. The third-order valence-corrected chi connectivity index (χ3v) is 3.45. The van der Waals surface area contributed by atoms with Crippen LogP contribution < -0.4 is 20.1 Å². The summed E-state index contributed by atoms with van der Waals surface area (Å²) in [6, 6.07) is 10.3. The predicted octanol–water partition coefficient (Wildman–Crippen LogP) is 2.75. The second-order valence-corrected chi connectivity index (χ2v) is 4.77. The molecule has 0 unspecified atom stereocenters. The average Bonchev–Trinajstić information content (AvgIpc) is 2.59. The summed E-state index contributed by atoms with van der Waals surface area (Å²) in [4.78, 5) is 12.8. The number of rotatable bonds is 4. The molecule has 3 rings (SSSR count). The van der Waals surface area contributed by atoms with Crippen LogP contribution in [0.2, 0.25) is 0 Å². The van der Waals surface area contributed by atoms with Gasteiger partial charge in [0.1, 0.15) is 0 Å². The zero-order chi connectivity index (χ0) is 16.4. The minimum Gasteiger partial charge on any atom is -0.493 e. The number of benzene rings is 2. The Balaban J connectivity index is 2.25. The van der Waals surface area contributed by atoms with Crippen molar-refractivity contribution in [3.05, 3.63) is 36.4 Å². The van der Waals surface area contributed by atoms with Gasteiger partial charge in [0.2, 0.25) is 5.95 Å². The fourth-order valence-electron chi connectivity index (χ4n) is 2.37. The van der Waals surface area contributed by atoms with Crippen LogP contribution in [0.5, 0.6) is 17.2 Å². The van der Waals surface area contributed by atoms with Gasteiger partial charge in [-0.15, -0.1) is 0 Å². The standard InChI is InChI=1S/C16H15N3O4/c1-21-13-7-11-12(8-14(13)22-2)18-16(17)19-15(11)9-3-5-10(23-20)6-4-9/h3-8,20H,1-2H3,(H2,17,18,19). The van der Waals surface area contributed by atoms with Gasteiger partial charge in [0.05, 0.1) is 25.4 Å². The lowest BCUT2D eigenvalue weighted by Gasteiger charge is -2.12. The van der Waals surface area contributed by atoms with Crippen molar-refractivity contribution in [2.75, 3.05) is 20.0 Å². The summed E-state index contributed by atoms with van der Waals surface area (Å²) in [6.45, 7) is 0. The Morgan fingerprint density at radius 1 is 0.957 bits per heavy atom. The van der Waals surface area contributed by atoms with Crippen molar-refractivity contribution in [3.8, 4) is 28.5 Å². The van der Waals surface area contributed by atoms with E-state index in [1.54, 1.807) is 50.6 Å². The summed E-state index contributed by atoms with van der Waals surface area (Å²) in [5.74, 6) is 1.62. The summed E-state index contributed by atoms with van der Waals surface area (Å²) >= 11 is 0. The number of fused-ring (bicyclic) bond motifs is 1. The molecule has 3 aromatic rings. The van der Waals surface area contributed by atoms with Crippen LogP contribution in [-0.2, 0) is 0 Å². The maximum absolute atomic E-state index is 8.66. The minimum absolute atomic E-state index is 0.155. The summed E-state index contributed by atoms with van der Waals surface area (Å²) in [5.41, 5.74) is 7.92. The molecule has 0 fully saturated rings. The van der Waals surface area contributed by atoms with Crippen molar-refractivity contribution in [1.82, 2.24) is 9.97 Å². The molecule has 0 aliphatic heterocycles. The van der Waals surface area contributed by atoms with E-state index >= 15 is 0 Å². The van der Waals surface area contributed by atoms with Crippen LogP contribution in [0.25, 0.3) is 22.2 Å². The Kier molecular flexibility index (Phi) is 3.86. The van der Waals surface area contributed by atoms with Crippen LogP contribution in [0.3, 0.4) is 0 Å². The quantitative estimate of drug-likeness (QED) is 0.564. The van der Waals surface area contributed by atoms with Gasteiger partial charge in [0.15, 0.2) is 17.2 Å². The molecule has 0 saturated heterocycles. The van der Waals surface area contributed by atoms with Gasteiger partial charge < -0.3 is 20.1 Å². The highest BCUT2D eigenvalue weighted by Gasteiger charge is 2.13. The van der Waals surface area contributed by atoms with E-state index in [0.29, 0.717) is 28.5 Å². The van der Waals surface area contributed by atoms with E-state index in [0.717, 1.165) is 10.9 Å². The van der Waals surface area contributed by atoms with E-state index in [9.17, 15) is 0 Å². The van der Waals surface area contributed by atoms with E-state index in [-0.39, 0.29) is 5.95 Å². The first-order valence-corrected chi connectivity index (χ1v) is 6.77. The van der Waals surface area contributed by atoms with Crippen LogP contribution in [0.4, 0.5) is 5.95 Å². The van der Waals surface area contributed by atoms with Crippen molar-refractivity contribution < 1.29 is 19.6 Å². The van der Waals surface area contributed by atoms with Crippen molar-refractivity contribution in [2.24, 2.45) is 0 Å². The van der Waals surface area contributed by atoms with Crippen LogP contribution in [0, 0.1) is 0 Å². The smallest absolute Gasteiger partial charge is 0.221 e. The molecular weight excluding hydrogens is 298 g/mol. The van der Waals surface area contributed by atoms with Gasteiger partial charge in [-0.3, -0.25) is 0 Å². The van der Waals surface area contributed by atoms with Gasteiger partial charge in [-0.05, 0) is 30.3 Å². The highest BCUT2D eigenvalue weighted by atomic mass is 17.1. The predicted molar refractivity (Wildman–Crippen MR) is 85.7 cm³/mol. The second-order valence-electron chi connectivity index (χ2n) is 4.77. The van der Waals surface area contributed by atoms with E-state index in [4.69, 9.17) is 20.5 Å². The molecule has 0 aliphatic carbocycles. The first-order valence-electron chi connectivity index (χ1n) is 6.77. The van der Waals surface area contributed by atoms with Crippen molar-refractivity contribution >= 4 is 16.9 Å². The van der Waals surface area contributed by atoms with Gasteiger partial charge >= 0.3 is 0 Å². The van der Waals surface area contributed by atoms with Crippen LogP contribution >= 0.6 is 0 Å². The molecule has 0 amide bonds. The number of hydrogen-bond donors (Lipinski definition) is 2. The van der Waals surface area contributed by atoms with Gasteiger partial charge in [-0.1, -0.05) is 0 Å². The van der Waals surface area contributed by atoms with Crippen LogP contribution in [0.15, 0.2) is 36.4 Å². The van der Waals surface area contributed by atoms with Crippen LogP contribution in [-0.4, -0.2) is 29.4 Å². The Bertz CT molecular complexity index is 850. The molecule has 0 spiro atoms. The molecule has 0 atom stereocenters. The molecule has 0 bridgehead atoms. The molecule has 1 aromatic heterocycles. The highest BCUT2D eigenvalue weighted by Crippen LogP contribution is 2.36. The van der Waals surface area contributed by atoms with Crippen molar-refractivity contribution in [2.45, 2.75) is 0 Å². The number of ether oxygens (including phenoxy) is 2. The molecule has 0 radical (unpaired) electrons. The van der Waals surface area contributed by atoms with Gasteiger partial charge in [0.25, 0.3) is 0 Å². The fourth-order valence-corrected chi connectivity index (χ4v) is 2.37. The SMILES string of the molecule is COc1cc2nc(N)nc(-c3ccc(OO)cc3)c2cc1OC. The molecule has 3 N–H and O–H groups in total. The maximum atomic E-state index is 8.66. The molecule has 7 nitrogen and oxygen atoms in total. The molecule has 1 heterocycles. The largest absolute Gasteiger partial charge is 0.493 e. The lowest BCUT2D eigenvalue weighted by molar-refractivity contribution is -0.137. The summed E-state index contributed by atoms with van der Waals surface area (Å²) in [6.07, 6.45) is 0. The van der Waals surface area contributed by atoms with Gasteiger partial charge in [-0.25, -0.2) is 15.2 Å². The first-order chi connectivity index (χ1) is 11.2. The Labute approximate surface area is 132 Å². The Morgan fingerprint density at radius 2 is 1.61 bits per heavy atom. The number of nitrogens with zero attached hydrogens (tertiary/aromatic N) is 2. The van der Waals surface area contributed by atoms with E-state index in [1.165, 1.54) is 0 Å². The molecule has 118 valence electrons. The minimum atomic E-state index is 0.155. The fraction of sp³-hybridized carbons (Fsp3) is 0.125.